The molecule has 0 saturated heterocycles. The van der Waals surface area contributed by atoms with Crippen LogP contribution in [0.15, 0.2) is 24.4 Å². The number of hydrogen-bond donors (Lipinski definition) is 1. The third-order valence-corrected chi connectivity index (χ3v) is 2.73. The van der Waals surface area contributed by atoms with Gasteiger partial charge in [0.15, 0.2) is 5.69 Å². The highest BCUT2D eigenvalue weighted by Crippen LogP contribution is 2.27. The second-order valence-electron chi connectivity index (χ2n) is 4.02. The van der Waals surface area contributed by atoms with Gasteiger partial charge in [-0.15, -0.1) is 0 Å². The predicted octanol–water partition coefficient (Wildman–Crippen LogP) is 1.80. The summed E-state index contributed by atoms with van der Waals surface area (Å²) in [7, 11) is 1.40. The standard InChI is InChI=1S/C12H11N3O5/c1-7-6-14(13-11(7)12(16)17)9-4-3-8(20-2)5-10(9)15(18)19/h3-6H,1-2H3,(H,16,17). The average Bonchev–Trinajstić information content (AvgIpc) is 2.80. The summed E-state index contributed by atoms with van der Waals surface area (Å²) in [5.41, 5.74) is 0.230. The highest BCUT2D eigenvalue weighted by Gasteiger charge is 2.20. The number of nitro benzene ring substituents is 1. The Bertz CT molecular complexity index is 692. The number of methoxy groups -OCH3 is 1. The summed E-state index contributed by atoms with van der Waals surface area (Å²) in [6.07, 6.45) is 1.43. The molecule has 2 rings (SSSR count). The Hall–Kier alpha value is -2.90. The van der Waals surface area contributed by atoms with Gasteiger partial charge in [0.05, 0.1) is 18.1 Å². The summed E-state index contributed by atoms with van der Waals surface area (Å²) in [6.45, 7) is 1.57. The van der Waals surface area contributed by atoms with E-state index < -0.39 is 10.9 Å². The van der Waals surface area contributed by atoms with Crippen molar-refractivity contribution >= 4 is 11.7 Å². The van der Waals surface area contributed by atoms with Crippen LogP contribution in [0.25, 0.3) is 5.69 Å². The van der Waals surface area contributed by atoms with Crippen LogP contribution in [0.3, 0.4) is 0 Å². The van der Waals surface area contributed by atoms with Gasteiger partial charge < -0.3 is 9.84 Å². The van der Waals surface area contributed by atoms with Gasteiger partial charge in [-0.3, -0.25) is 10.1 Å². The molecule has 0 unspecified atom stereocenters. The monoisotopic (exact) mass is 277 g/mol. The fraction of sp³-hybridized carbons (Fsp3) is 0.167. The molecule has 1 aromatic carbocycles. The van der Waals surface area contributed by atoms with E-state index in [1.54, 1.807) is 13.0 Å². The summed E-state index contributed by atoms with van der Waals surface area (Å²) in [5.74, 6) is -0.847. The lowest BCUT2D eigenvalue weighted by Gasteiger charge is -2.05. The molecular weight excluding hydrogens is 266 g/mol. The lowest BCUT2D eigenvalue weighted by molar-refractivity contribution is -0.384. The number of ether oxygens (including phenoxy) is 1. The van der Waals surface area contributed by atoms with Crippen molar-refractivity contribution in [2.75, 3.05) is 7.11 Å². The largest absolute Gasteiger partial charge is 0.496 e. The summed E-state index contributed by atoms with van der Waals surface area (Å²) in [5, 5.41) is 23.9. The molecule has 0 aliphatic heterocycles. The van der Waals surface area contributed by atoms with E-state index in [0.717, 1.165) is 0 Å². The van der Waals surface area contributed by atoms with Crippen molar-refractivity contribution in [3.8, 4) is 11.4 Å². The molecule has 0 radical (unpaired) electrons. The van der Waals surface area contributed by atoms with Crippen molar-refractivity contribution in [3.05, 3.63) is 45.8 Å². The van der Waals surface area contributed by atoms with Gasteiger partial charge in [0.1, 0.15) is 11.4 Å². The third-order valence-electron chi connectivity index (χ3n) is 2.73. The molecule has 0 fully saturated rings. The Morgan fingerprint density at radius 2 is 2.20 bits per heavy atom. The van der Waals surface area contributed by atoms with E-state index in [1.165, 1.54) is 30.1 Å². The topological polar surface area (TPSA) is 107 Å². The van der Waals surface area contributed by atoms with Crippen molar-refractivity contribution in [2.45, 2.75) is 6.92 Å². The van der Waals surface area contributed by atoms with Gasteiger partial charge in [0.25, 0.3) is 5.69 Å². The lowest BCUT2D eigenvalue weighted by atomic mass is 10.2. The van der Waals surface area contributed by atoms with Crippen LogP contribution >= 0.6 is 0 Å². The number of nitrogens with zero attached hydrogens (tertiary/aromatic N) is 3. The number of aryl methyl sites for hydroxylation is 1. The van der Waals surface area contributed by atoms with E-state index in [-0.39, 0.29) is 17.1 Å². The van der Waals surface area contributed by atoms with Crippen LogP contribution in [0.4, 0.5) is 5.69 Å². The average molecular weight is 277 g/mol. The molecule has 20 heavy (non-hydrogen) atoms. The first-order chi connectivity index (χ1) is 9.43. The van der Waals surface area contributed by atoms with Crippen LogP contribution in [0.1, 0.15) is 16.1 Å². The van der Waals surface area contributed by atoms with Crippen LogP contribution in [0.2, 0.25) is 0 Å². The van der Waals surface area contributed by atoms with Crippen LogP contribution in [-0.4, -0.2) is 32.9 Å². The molecule has 8 nitrogen and oxygen atoms in total. The minimum atomic E-state index is -1.18. The minimum absolute atomic E-state index is 0.143. The summed E-state index contributed by atoms with van der Waals surface area (Å²) >= 11 is 0. The van der Waals surface area contributed by atoms with Gasteiger partial charge in [-0.05, 0) is 19.1 Å². The first-order valence-corrected chi connectivity index (χ1v) is 5.56. The van der Waals surface area contributed by atoms with Crippen LogP contribution in [0.5, 0.6) is 5.75 Å². The highest BCUT2D eigenvalue weighted by molar-refractivity contribution is 5.87. The molecular formula is C12H11N3O5. The van der Waals surface area contributed by atoms with E-state index in [1.807, 2.05) is 0 Å². The maximum atomic E-state index is 11.1. The van der Waals surface area contributed by atoms with Gasteiger partial charge in [0, 0.05) is 11.8 Å². The van der Waals surface area contributed by atoms with Gasteiger partial charge in [0.2, 0.25) is 0 Å². The van der Waals surface area contributed by atoms with Gasteiger partial charge in [-0.1, -0.05) is 0 Å². The Balaban J connectivity index is 2.60. The zero-order valence-corrected chi connectivity index (χ0v) is 10.7. The number of carboxylic acids is 1. The predicted molar refractivity (Wildman–Crippen MR) is 68.5 cm³/mol. The van der Waals surface area contributed by atoms with E-state index in [4.69, 9.17) is 9.84 Å². The van der Waals surface area contributed by atoms with Gasteiger partial charge in [-0.2, -0.15) is 5.10 Å². The van der Waals surface area contributed by atoms with E-state index in [2.05, 4.69) is 5.10 Å². The van der Waals surface area contributed by atoms with Crippen LogP contribution < -0.4 is 4.74 Å². The number of aromatic carboxylic acids is 1. The van der Waals surface area contributed by atoms with Crippen molar-refractivity contribution in [3.63, 3.8) is 0 Å². The van der Waals surface area contributed by atoms with Gasteiger partial charge >= 0.3 is 5.97 Å². The molecule has 0 bridgehead atoms. The first kappa shape index (κ1) is 13.5. The number of carbonyl (C=O) groups is 1. The van der Waals surface area contributed by atoms with E-state index >= 15 is 0 Å². The number of benzene rings is 1. The Kier molecular flexibility index (Phi) is 3.38. The number of nitro groups is 1. The maximum Gasteiger partial charge on any atom is 0.356 e. The summed E-state index contributed by atoms with van der Waals surface area (Å²) in [6, 6.07) is 4.25. The Morgan fingerprint density at radius 3 is 2.70 bits per heavy atom. The molecule has 0 saturated carbocycles. The number of carboxylic acid groups (broad SMARTS) is 1. The van der Waals surface area contributed by atoms with Crippen LogP contribution in [0, 0.1) is 17.0 Å². The molecule has 1 aromatic heterocycles. The second kappa shape index (κ2) is 5.00. The van der Waals surface area contributed by atoms with Crippen molar-refractivity contribution < 1.29 is 19.6 Å². The van der Waals surface area contributed by atoms with Crippen molar-refractivity contribution in [1.82, 2.24) is 9.78 Å². The molecule has 1 N–H and O–H groups in total. The molecule has 0 amide bonds. The smallest absolute Gasteiger partial charge is 0.356 e. The summed E-state index contributed by atoms with van der Waals surface area (Å²) < 4.78 is 6.11. The Labute approximate surface area is 113 Å². The number of aromatic nitrogens is 2. The first-order valence-electron chi connectivity index (χ1n) is 5.56. The molecule has 104 valence electrons. The molecule has 0 aliphatic carbocycles. The third kappa shape index (κ3) is 2.30. The zero-order chi connectivity index (χ0) is 14.9. The SMILES string of the molecule is COc1ccc(-n2cc(C)c(C(=O)O)n2)c([N+](=O)[O-])c1. The summed E-state index contributed by atoms with van der Waals surface area (Å²) in [4.78, 5) is 21.5. The zero-order valence-electron chi connectivity index (χ0n) is 10.7. The van der Waals surface area contributed by atoms with E-state index in [9.17, 15) is 14.9 Å². The quantitative estimate of drug-likeness (QED) is 0.674. The molecule has 0 aliphatic rings. The number of hydrogen-bond acceptors (Lipinski definition) is 5. The molecule has 0 spiro atoms. The Morgan fingerprint density at radius 1 is 1.50 bits per heavy atom. The fourth-order valence-corrected chi connectivity index (χ4v) is 1.77. The molecule has 8 heteroatoms. The number of rotatable bonds is 4. The minimum Gasteiger partial charge on any atom is -0.496 e. The van der Waals surface area contributed by atoms with Crippen LogP contribution in [-0.2, 0) is 0 Å². The molecule has 0 atom stereocenters. The fourth-order valence-electron chi connectivity index (χ4n) is 1.77. The van der Waals surface area contributed by atoms with Crippen molar-refractivity contribution in [2.24, 2.45) is 0 Å². The normalized spacial score (nSPS) is 10.3. The van der Waals surface area contributed by atoms with Gasteiger partial charge in [-0.25, -0.2) is 9.48 Å². The maximum absolute atomic E-state index is 11.1. The molecule has 2 aromatic rings. The highest BCUT2D eigenvalue weighted by atomic mass is 16.6. The van der Waals surface area contributed by atoms with E-state index in [0.29, 0.717) is 11.3 Å². The van der Waals surface area contributed by atoms with Crippen molar-refractivity contribution in [1.29, 1.82) is 0 Å². The lowest BCUT2D eigenvalue weighted by Crippen LogP contribution is -2.04. The second-order valence-corrected chi connectivity index (χ2v) is 4.02. The molecule has 1 heterocycles.